The molecule has 0 saturated carbocycles. The minimum atomic E-state index is -0.158. The van der Waals surface area contributed by atoms with E-state index in [1.807, 2.05) is 74.0 Å². The van der Waals surface area contributed by atoms with Crippen molar-refractivity contribution in [2.24, 2.45) is 0 Å². The molecule has 0 fully saturated rings. The van der Waals surface area contributed by atoms with Crippen molar-refractivity contribution < 1.29 is 14.3 Å². The molecule has 0 spiro atoms. The summed E-state index contributed by atoms with van der Waals surface area (Å²) in [4.78, 5) is 12.3. The van der Waals surface area contributed by atoms with E-state index in [4.69, 9.17) is 9.47 Å². The first kappa shape index (κ1) is 20.5. The molecule has 1 heterocycles. The fraction of sp³-hybridized carbons (Fsp3) is 0.304. The van der Waals surface area contributed by atoms with Gasteiger partial charge in [-0.3, -0.25) is 4.79 Å². The number of nitrogens with one attached hydrogen (secondary N) is 1. The number of hydrogen-bond donors (Lipinski definition) is 1. The molecule has 1 atom stereocenters. The van der Waals surface area contributed by atoms with Crippen molar-refractivity contribution in [2.45, 2.75) is 33.2 Å². The van der Waals surface area contributed by atoms with Crippen molar-refractivity contribution >= 4 is 5.91 Å². The lowest BCUT2D eigenvalue weighted by Gasteiger charge is -2.15. The third-order valence-electron chi connectivity index (χ3n) is 4.33. The fourth-order valence-electron chi connectivity index (χ4n) is 3.12. The number of para-hydroxylation sites is 1. The normalized spacial score (nSPS) is 11.7. The lowest BCUT2D eigenvalue weighted by molar-refractivity contribution is -0.123. The van der Waals surface area contributed by atoms with Crippen LogP contribution in [0.1, 0.15) is 25.2 Å². The van der Waals surface area contributed by atoms with Gasteiger partial charge in [0.2, 0.25) is 0 Å². The molecule has 1 N–H and O–H groups in total. The van der Waals surface area contributed by atoms with Crippen molar-refractivity contribution in [2.75, 3.05) is 13.2 Å². The molecule has 0 radical (unpaired) electrons. The summed E-state index contributed by atoms with van der Waals surface area (Å²) in [6, 6.07) is 19.2. The van der Waals surface area contributed by atoms with E-state index < -0.39 is 0 Å². The number of carbonyl (C=O) groups is 1. The number of aryl methyl sites for hydroxylation is 1. The number of rotatable bonds is 9. The van der Waals surface area contributed by atoms with Gasteiger partial charge in [-0.05, 0) is 63.2 Å². The van der Waals surface area contributed by atoms with Crippen LogP contribution in [0.4, 0.5) is 0 Å². The summed E-state index contributed by atoms with van der Waals surface area (Å²) in [7, 11) is 0. The average molecular weight is 393 g/mol. The van der Waals surface area contributed by atoms with Crippen LogP contribution in [0, 0.1) is 6.92 Å². The molecule has 0 aliphatic heterocycles. The maximum Gasteiger partial charge on any atom is 0.258 e. The maximum absolute atomic E-state index is 12.3. The molecule has 0 bridgehead atoms. The van der Waals surface area contributed by atoms with E-state index in [1.165, 1.54) is 0 Å². The van der Waals surface area contributed by atoms with E-state index >= 15 is 0 Å². The SMILES string of the molecule is CCOc1ccc(OCC(=O)N[C@H](C)Cc2cc(C)nn2-c2ccccc2)cc1. The number of amides is 1. The van der Waals surface area contributed by atoms with Gasteiger partial charge in [-0.25, -0.2) is 4.68 Å². The quantitative estimate of drug-likeness (QED) is 0.602. The van der Waals surface area contributed by atoms with Gasteiger partial charge >= 0.3 is 0 Å². The van der Waals surface area contributed by atoms with Crippen LogP contribution in [-0.4, -0.2) is 34.9 Å². The second-order valence-electron chi connectivity index (χ2n) is 6.89. The lowest BCUT2D eigenvalue weighted by Crippen LogP contribution is -2.37. The summed E-state index contributed by atoms with van der Waals surface area (Å²) >= 11 is 0. The fourth-order valence-corrected chi connectivity index (χ4v) is 3.12. The maximum atomic E-state index is 12.3. The van der Waals surface area contributed by atoms with Gasteiger partial charge in [0.05, 0.1) is 18.0 Å². The Hall–Kier alpha value is -3.28. The highest BCUT2D eigenvalue weighted by atomic mass is 16.5. The summed E-state index contributed by atoms with van der Waals surface area (Å²) < 4.78 is 12.9. The van der Waals surface area contributed by atoms with Crippen LogP contribution in [0.5, 0.6) is 11.5 Å². The molecule has 152 valence electrons. The highest BCUT2D eigenvalue weighted by Crippen LogP contribution is 2.17. The van der Waals surface area contributed by atoms with Crippen LogP contribution in [0.2, 0.25) is 0 Å². The predicted molar refractivity (Wildman–Crippen MR) is 113 cm³/mol. The van der Waals surface area contributed by atoms with Gasteiger partial charge < -0.3 is 14.8 Å². The Morgan fingerprint density at radius 3 is 2.38 bits per heavy atom. The van der Waals surface area contributed by atoms with E-state index in [-0.39, 0.29) is 18.6 Å². The molecule has 1 amide bonds. The second-order valence-corrected chi connectivity index (χ2v) is 6.89. The van der Waals surface area contributed by atoms with Gasteiger partial charge in [0, 0.05) is 18.2 Å². The Kier molecular flexibility index (Phi) is 6.89. The van der Waals surface area contributed by atoms with Crippen molar-refractivity contribution in [1.29, 1.82) is 0 Å². The third-order valence-corrected chi connectivity index (χ3v) is 4.33. The van der Waals surface area contributed by atoms with Gasteiger partial charge in [0.25, 0.3) is 5.91 Å². The molecule has 1 aromatic heterocycles. The second kappa shape index (κ2) is 9.78. The number of nitrogens with zero attached hydrogens (tertiary/aromatic N) is 2. The largest absolute Gasteiger partial charge is 0.494 e. The molecule has 6 heteroatoms. The van der Waals surface area contributed by atoms with E-state index in [0.29, 0.717) is 18.8 Å². The first-order valence-corrected chi connectivity index (χ1v) is 9.81. The molecule has 0 unspecified atom stereocenters. The van der Waals surface area contributed by atoms with Crippen LogP contribution >= 0.6 is 0 Å². The Bertz CT molecular complexity index is 920. The monoisotopic (exact) mass is 393 g/mol. The van der Waals surface area contributed by atoms with Crippen molar-refractivity contribution in [3.05, 3.63) is 72.1 Å². The molecular weight excluding hydrogens is 366 g/mol. The lowest BCUT2D eigenvalue weighted by atomic mass is 10.1. The summed E-state index contributed by atoms with van der Waals surface area (Å²) in [6.45, 7) is 6.46. The van der Waals surface area contributed by atoms with Gasteiger partial charge in [0.15, 0.2) is 6.61 Å². The van der Waals surface area contributed by atoms with Gasteiger partial charge in [0.1, 0.15) is 11.5 Å². The van der Waals surface area contributed by atoms with E-state index in [2.05, 4.69) is 10.4 Å². The van der Waals surface area contributed by atoms with Crippen LogP contribution in [0.15, 0.2) is 60.7 Å². The highest BCUT2D eigenvalue weighted by molar-refractivity contribution is 5.77. The van der Waals surface area contributed by atoms with E-state index in [0.717, 1.165) is 22.8 Å². The molecule has 0 aliphatic rings. The van der Waals surface area contributed by atoms with E-state index in [9.17, 15) is 4.79 Å². The number of benzene rings is 2. The Labute approximate surface area is 171 Å². The summed E-state index contributed by atoms with van der Waals surface area (Å²) in [6.07, 6.45) is 0.671. The van der Waals surface area contributed by atoms with Crippen molar-refractivity contribution in [1.82, 2.24) is 15.1 Å². The number of carbonyl (C=O) groups excluding carboxylic acids is 1. The standard InChI is InChI=1S/C23H27N3O3/c1-4-28-21-10-12-22(13-11-21)29-16-23(27)24-17(2)14-20-15-18(3)25-26(20)19-8-6-5-7-9-19/h5-13,15,17H,4,14,16H2,1-3H3,(H,24,27)/t17-/m1/s1. The summed E-state index contributed by atoms with van der Waals surface area (Å²) in [5, 5.41) is 7.57. The summed E-state index contributed by atoms with van der Waals surface area (Å²) in [5.74, 6) is 1.26. The minimum Gasteiger partial charge on any atom is -0.494 e. The highest BCUT2D eigenvalue weighted by Gasteiger charge is 2.14. The van der Waals surface area contributed by atoms with Gasteiger partial charge in [-0.2, -0.15) is 5.10 Å². The smallest absolute Gasteiger partial charge is 0.258 e. The zero-order chi connectivity index (χ0) is 20.6. The minimum absolute atomic E-state index is 0.0324. The van der Waals surface area contributed by atoms with E-state index in [1.54, 1.807) is 12.1 Å². The average Bonchev–Trinajstić information content (AvgIpc) is 3.08. The number of hydrogen-bond acceptors (Lipinski definition) is 4. The zero-order valence-corrected chi connectivity index (χ0v) is 17.1. The molecule has 0 saturated heterocycles. The van der Waals surface area contributed by atoms with Crippen LogP contribution in [0.25, 0.3) is 5.69 Å². The molecule has 0 aliphatic carbocycles. The molecular formula is C23H27N3O3. The molecule has 3 rings (SSSR count). The first-order chi connectivity index (χ1) is 14.0. The molecule has 2 aromatic carbocycles. The molecule has 29 heavy (non-hydrogen) atoms. The van der Waals surface area contributed by atoms with Gasteiger partial charge in [-0.1, -0.05) is 18.2 Å². The topological polar surface area (TPSA) is 65.4 Å². The van der Waals surface area contributed by atoms with Crippen LogP contribution in [0.3, 0.4) is 0 Å². The number of aromatic nitrogens is 2. The van der Waals surface area contributed by atoms with Gasteiger partial charge in [-0.15, -0.1) is 0 Å². The Balaban J connectivity index is 1.53. The number of ether oxygens (including phenoxy) is 2. The van der Waals surface area contributed by atoms with Crippen LogP contribution < -0.4 is 14.8 Å². The van der Waals surface area contributed by atoms with Crippen LogP contribution in [-0.2, 0) is 11.2 Å². The molecule has 6 nitrogen and oxygen atoms in total. The first-order valence-electron chi connectivity index (χ1n) is 9.81. The summed E-state index contributed by atoms with van der Waals surface area (Å²) in [5.41, 5.74) is 3.00. The Morgan fingerprint density at radius 2 is 1.72 bits per heavy atom. The Morgan fingerprint density at radius 1 is 1.07 bits per heavy atom. The zero-order valence-electron chi connectivity index (χ0n) is 17.1. The molecule has 3 aromatic rings. The predicted octanol–water partition coefficient (Wildman–Crippen LogP) is 3.71. The third kappa shape index (κ3) is 5.85. The van der Waals surface area contributed by atoms with Crippen molar-refractivity contribution in [3.63, 3.8) is 0 Å². The van der Waals surface area contributed by atoms with Crippen molar-refractivity contribution in [3.8, 4) is 17.2 Å².